The standard InChI is InChI=1S/C51H60N4O/c1-33-26-27-52-48(28-33)54-46-23-14-13-20-44(46)45-25-24-40(32-47(45)54)56-41-30-38(51(4,5)6)29-39(31-41)55-35(3)49(34(2)53-55)50-42(36-16-9-7-10-17-36)21-15-22-43(50)37-18-11-8-12-19-37/h13-14,20-21,23-32,36-37,43,50H,7-12,15-19,22H2,1-6H3/t43-,50-/m1/s1. The van der Waals surface area contributed by atoms with Gasteiger partial charge in [-0.3, -0.25) is 4.57 Å². The fourth-order valence-electron chi connectivity index (χ4n) is 10.9. The van der Waals surface area contributed by atoms with Crippen molar-refractivity contribution in [1.82, 2.24) is 19.3 Å². The third-order valence-corrected chi connectivity index (χ3v) is 13.7. The van der Waals surface area contributed by atoms with E-state index in [0.29, 0.717) is 11.8 Å². The molecule has 3 aromatic heterocycles. The Bertz CT molecular complexity index is 2410. The number of aryl methyl sites for hydroxylation is 2. The van der Waals surface area contributed by atoms with Gasteiger partial charge in [-0.15, -0.1) is 0 Å². The van der Waals surface area contributed by atoms with Crippen LogP contribution < -0.4 is 4.74 Å². The predicted molar refractivity (Wildman–Crippen MR) is 232 cm³/mol. The van der Waals surface area contributed by atoms with Crippen LogP contribution in [0.5, 0.6) is 11.5 Å². The maximum atomic E-state index is 6.90. The van der Waals surface area contributed by atoms with Gasteiger partial charge in [-0.25, -0.2) is 9.67 Å². The van der Waals surface area contributed by atoms with Crippen molar-refractivity contribution >= 4 is 21.8 Å². The van der Waals surface area contributed by atoms with Gasteiger partial charge in [-0.2, -0.15) is 5.10 Å². The van der Waals surface area contributed by atoms with E-state index in [1.54, 1.807) is 5.57 Å². The summed E-state index contributed by atoms with van der Waals surface area (Å²) in [6, 6.07) is 26.1. The van der Waals surface area contributed by atoms with Crippen LogP contribution >= 0.6 is 0 Å². The number of allylic oxidation sites excluding steroid dienone is 2. The highest BCUT2D eigenvalue weighted by Crippen LogP contribution is 2.52. The molecule has 56 heavy (non-hydrogen) atoms. The first-order valence-electron chi connectivity index (χ1n) is 21.7. The van der Waals surface area contributed by atoms with Crippen LogP contribution in [0, 0.1) is 38.5 Å². The number of pyridine rings is 1. The molecule has 0 N–H and O–H groups in total. The van der Waals surface area contributed by atoms with Gasteiger partial charge in [0.05, 0.1) is 22.4 Å². The van der Waals surface area contributed by atoms with E-state index < -0.39 is 0 Å². The minimum atomic E-state index is -0.0768. The van der Waals surface area contributed by atoms with Crippen LogP contribution in [-0.2, 0) is 5.41 Å². The molecular weight excluding hydrogens is 685 g/mol. The minimum Gasteiger partial charge on any atom is -0.457 e. The van der Waals surface area contributed by atoms with Crippen molar-refractivity contribution in [2.45, 2.75) is 130 Å². The Kier molecular flexibility index (Phi) is 9.92. The van der Waals surface area contributed by atoms with Crippen LogP contribution in [0.25, 0.3) is 33.3 Å². The van der Waals surface area contributed by atoms with Crippen molar-refractivity contribution in [2.75, 3.05) is 0 Å². The summed E-state index contributed by atoms with van der Waals surface area (Å²) < 4.78 is 11.4. The van der Waals surface area contributed by atoms with Crippen LogP contribution in [0.1, 0.15) is 132 Å². The average Bonchev–Trinajstić information content (AvgIpc) is 3.70. The number of fused-ring (bicyclic) bond motifs is 3. The third kappa shape index (κ3) is 6.90. The molecule has 3 aliphatic carbocycles. The van der Waals surface area contributed by atoms with E-state index in [4.69, 9.17) is 14.8 Å². The average molecular weight is 745 g/mol. The highest BCUT2D eigenvalue weighted by Gasteiger charge is 2.40. The molecule has 2 fully saturated rings. The fraction of sp³-hybridized carbons (Fsp3) is 0.451. The van der Waals surface area contributed by atoms with E-state index in [-0.39, 0.29) is 5.41 Å². The zero-order valence-corrected chi connectivity index (χ0v) is 34.6. The van der Waals surface area contributed by atoms with Gasteiger partial charge in [0.1, 0.15) is 17.3 Å². The van der Waals surface area contributed by atoms with Crippen LogP contribution in [-0.4, -0.2) is 19.3 Å². The molecule has 5 heteroatoms. The van der Waals surface area contributed by atoms with Crippen molar-refractivity contribution in [3.63, 3.8) is 0 Å². The predicted octanol–water partition coefficient (Wildman–Crippen LogP) is 14.0. The fourth-order valence-corrected chi connectivity index (χ4v) is 10.9. The normalized spacial score (nSPS) is 20.1. The van der Waals surface area contributed by atoms with Gasteiger partial charge in [0.25, 0.3) is 0 Å². The Balaban J connectivity index is 1.13. The lowest BCUT2D eigenvalue weighted by atomic mass is 9.62. The molecule has 0 radical (unpaired) electrons. The molecule has 0 aliphatic heterocycles. The molecule has 9 rings (SSSR count). The number of hydrogen-bond donors (Lipinski definition) is 0. The van der Waals surface area contributed by atoms with E-state index in [1.165, 1.54) is 116 Å². The number of para-hydroxylation sites is 1. The van der Waals surface area contributed by atoms with Crippen molar-refractivity contribution in [2.24, 2.45) is 17.8 Å². The molecule has 0 amide bonds. The largest absolute Gasteiger partial charge is 0.457 e. The SMILES string of the molecule is Cc1ccnc(-n2c3ccccc3c3ccc(Oc4cc(-n5nc(C)c([C@@H]6C(C7CCCCC7)=CCC[C@@H]6C6CCCCC6)c5C)cc(C(C)(C)C)c4)cc32)c1. The second kappa shape index (κ2) is 15.0. The zero-order valence-electron chi connectivity index (χ0n) is 34.6. The number of ether oxygens (including phenoxy) is 1. The quantitative estimate of drug-likeness (QED) is 0.153. The van der Waals surface area contributed by atoms with Crippen molar-refractivity contribution < 1.29 is 4.74 Å². The highest BCUT2D eigenvalue weighted by atomic mass is 16.5. The number of nitrogens with zero attached hydrogens (tertiary/aromatic N) is 4. The van der Waals surface area contributed by atoms with Gasteiger partial charge in [0.2, 0.25) is 0 Å². The number of benzene rings is 3. The molecule has 3 heterocycles. The van der Waals surface area contributed by atoms with Gasteiger partial charge in [0, 0.05) is 46.3 Å². The maximum absolute atomic E-state index is 6.90. The Hall–Kier alpha value is -4.64. The van der Waals surface area contributed by atoms with Gasteiger partial charge < -0.3 is 4.74 Å². The van der Waals surface area contributed by atoms with E-state index in [0.717, 1.165) is 45.9 Å². The molecule has 0 spiro atoms. The van der Waals surface area contributed by atoms with E-state index in [9.17, 15) is 0 Å². The molecule has 0 saturated heterocycles. The molecule has 5 nitrogen and oxygen atoms in total. The summed E-state index contributed by atoms with van der Waals surface area (Å²) in [5, 5.41) is 7.82. The van der Waals surface area contributed by atoms with Gasteiger partial charge >= 0.3 is 0 Å². The molecular formula is C51H60N4O. The minimum absolute atomic E-state index is 0.0768. The Morgan fingerprint density at radius 1 is 0.714 bits per heavy atom. The summed E-state index contributed by atoms with van der Waals surface area (Å²) in [6.07, 6.45) is 21.0. The number of hydrogen-bond acceptors (Lipinski definition) is 3. The number of rotatable bonds is 7. The van der Waals surface area contributed by atoms with E-state index in [1.807, 2.05) is 12.3 Å². The van der Waals surface area contributed by atoms with Crippen LogP contribution in [0.15, 0.2) is 90.6 Å². The smallest absolute Gasteiger partial charge is 0.137 e. The van der Waals surface area contributed by atoms with Crippen LogP contribution in [0.2, 0.25) is 0 Å². The third-order valence-electron chi connectivity index (χ3n) is 13.7. The van der Waals surface area contributed by atoms with Crippen molar-refractivity contribution in [1.29, 1.82) is 0 Å². The number of aromatic nitrogens is 4. The van der Waals surface area contributed by atoms with Crippen LogP contribution in [0.3, 0.4) is 0 Å². The molecule has 2 saturated carbocycles. The first-order chi connectivity index (χ1) is 27.1. The molecule has 6 aromatic rings. The second-order valence-electron chi connectivity index (χ2n) is 18.4. The highest BCUT2D eigenvalue weighted by molar-refractivity contribution is 6.09. The monoisotopic (exact) mass is 744 g/mol. The molecule has 2 atom stereocenters. The second-order valence-corrected chi connectivity index (χ2v) is 18.4. The summed E-state index contributed by atoms with van der Waals surface area (Å²) in [5.74, 6) is 5.29. The van der Waals surface area contributed by atoms with E-state index in [2.05, 4.69) is 124 Å². The van der Waals surface area contributed by atoms with Gasteiger partial charge in [-0.1, -0.05) is 102 Å². The summed E-state index contributed by atoms with van der Waals surface area (Å²) in [7, 11) is 0. The maximum Gasteiger partial charge on any atom is 0.137 e. The molecule has 0 bridgehead atoms. The summed E-state index contributed by atoms with van der Waals surface area (Å²) in [4.78, 5) is 4.80. The van der Waals surface area contributed by atoms with Crippen molar-refractivity contribution in [3.8, 4) is 23.0 Å². The first kappa shape index (κ1) is 37.0. The van der Waals surface area contributed by atoms with E-state index >= 15 is 0 Å². The molecule has 0 unspecified atom stereocenters. The Morgan fingerprint density at radius 3 is 2.23 bits per heavy atom. The Labute approximate surface area is 334 Å². The summed E-state index contributed by atoms with van der Waals surface area (Å²) in [5.41, 5.74) is 11.4. The summed E-state index contributed by atoms with van der Waals surface area (Å²) in [6.45, 7) is 13.6. The van der Waals surface area contributed by atoms with Gasteiger partial charge in [0.15, 0.2) is 0 Å². The summed E-state index contributed by atoms with van der Waals surface area (Å²) >= 11 is 0. The molecule has 290 valence electrons. The lowest BCUT2D eigenvalue weighted by Crippen LogP contribution is -2.31. The topological polar surface area (TPSA) is 44.9 Å². The lowest BCUT2D eigenvalue weighted by molar-refractivity contribution is 0.198. The molecule has 3 aromatic carbocycles. The molecule has 3 aliphatic rings. The zero-order chi connectivity index (χ0) is 38.6. The lowest BCUT2D eigenvalue weighted by Gasteiger charge is -2.43. The van der Waals surface area contributed by atoms with Gasteiger partial charge in [-0.05, 0) is 123 Å². The first-order valence-corrected chi connectivity index (χ1v) is 21.7. The van der Waals surface area contributed by atoms with Crippen LogP contribution in [0.4, 0.5) is 0 Å². The Morgan fingerprint density at radius 2 is 1.46 bits per heavy atom. The van der Waals surface area contributed by atoms with Crippen molar-refractivity contribution in [3.05, 3.63) is 119 Å².